The zero-order valence-corrected chi connectivity index (χ0v) is 12.9. The largest absolute Gasteiger partial charge is 0.369 e. The van der Waals surface area contributed by atoms with Gasteiger partial charge in [0.05, 0.1) is 17.3 Å². The summed E-state index contributed by atoms with van der Waals surface area (Å²) in [6, 6.07) is 6.54. The number of rotatable bonds is 4. The number of sulfone groups is 1. The molecule has 0 N–H and O–H groups in total. The third-order valence-corrected chi connectivity index (χ3v) is 4.84. The molecule has 1 aliphatic rings. The molecule has 0 saturated carbocycles. The van der Waals surface area contributed by atoms with Crippen molar-refractivity contribution in [2.24, 2.45) is 0 Å². The Balaban J connectivity index is 2.07. The van der Waals surface area contributed by atoms with Crippen LogP contribution in [0.1, 0.15) is 6.42 Å². The summed E-state index contributed by atoms with van der Waals surface area (Å²) in [4.78, 5) is 2.24. The Hall–Kier alpha value is -1.12. The van der Waals surface area contributed by atoms with Crippen molar-refractivity contribution >= 4 is 25.6 Å². The van der Waals surface area contributed by atoms with Gasteiger partial charge >= 0.3 is 0 Å². The van der Waals surface area contributed by atoms with Crippen LogP contribution in [-0.2, 0) is 24.1 Å². The molecule has 0 aliphatic carbocycles. The summed E-state index contributed by atoms with van der Waals surface area (Å²) in [6.45, 7) is 1.16. The van der Waals surface area contributed by atoms with Crippen molar-refractivity contribution < 1.29 is 21.0 Å². The van der Waals surface area contributed by atoms with Crippen LogP contribution < -0.4 is 4.90 Å². The average molecular weight is 319 g/mol. The minimum absolute atomic E-state index is 0.268. The van der Waals surface area contributed by atoms with Crippen LogP contribution in [0.15, 0.2) is 29.2 Å². The van der Waals surface area contributed by atoms with Crippen molar-refractivity contribution in [3.8, 4) is 0 Å². The summed E-state index contributed by atoms with van der Waals surface area (Å²) in [7, 11) is -6.65. The van der Waals surface area contributed by atoms with Crippen LogP contribution >= 0.6 is 0 Å². The lowest BCUT2D eigenvalue weighted by Crippen LogP contribution is -2.24. The molecule has 1 aromatic rings. The number of benzene rings is 1. The molecule has 0 aromatic heterocycles. The van der Waals surface area contributed by atoms with Crippen molar-refractivity contribution in [2.75, 3.05) is 30.5 Å². The quantitative estimate of drug-likeness (QED) is 0.758. The van der Waals surface area contributed by atoms with Gasteiger partial charge in [0.25, 0.3) is 10.1 Å². The van der Waals surface area contributed by atoms with E-state index in [1.165, 1.54) is 0 Å². The van der Waals surface area contributed by atoms with Gasteiger partial charge in [0.2, 0.25) is 0 Å². The highest BCUT2D eigenvalue weighted by atomic mass is 32.2. The molecule has 1 aromatic carbocycles. The number of nitrogens with zero attached hydrogens (tertiary/aromatic N) is 1. The second kappa shape index (κ2) is 5.34. The summed E-state index contributed by atoms with van der Waals surface area (Å²) >= 11 is 0. The highest BCUT2D eigenvalue weighted by Gasteiger charge is 2.26. The summed E-state index contributed by atoms with van der Waals surface area (Å²) in [5.41, 5.74) is 0.858. The van der Waals surface area contributed by atoms with Gasteiger partial charge in [-0.1, -0.05) is 0 Å². The van der Waals surface area contributed by atoms with Crippen molar-refractivity contribution in [1.29, 1.82) is 0 Å². The van der Waals surface area contributed by atoms with Crippen molar-refractivity contribution in [1.82, 2.24) is 0 Å². The van der Waals surface area contributed by atoms with E-state index < -0.39 is 20.0 Å². The Morgan fingerprint density at radius 1 is 1.10 bits per heavy atom. The molecule has 0 unspecified atom stereocenters. The first-order valence-corrected chi connectivity index (χ1v) is 9.79. The first-order chi connectivity index (χ1) is 9.15. The molecule has 8 heteroatoms. The van der Waals surface area contributed by atoms with Gasteiger partial charge in [-0.05, 0) is 30.7 Å². The molecular weight excluding hydrogens is 302 g/mol. The number of anilines is 1. The lowest BCUT2D eigenvalue weighted by atomic mass is 10.3. The fourth-order valence-corrected chi connectivity index (χ4v) is 3.47. The van der Waals surface area contributed by atoms with Crippen LogP contribution in [0.5, 0.6) is 0 Å². The van der Waals surface area contributed by atoms with Crippen molar-refractivity contribution in [3.63, 3.8) is 0 Å². The summed E-state index contributed by atoms with van der Waals surface area (Å²) in [5.74, 6) is 0. The molecule has 112 valence electrons. The number of hydrogen-bond acceptors (Lipinski definition) is 6. The minimum atomic E-state index is -3.45. The summed E-state index contributed by atoms with van der Waals surface area (Å²) in [5, 5.41) is 0. The number of hydrogen-bond donors (Lipinski definition) is 0. The summed E-state index contributed by atoms with van der Waals surface area (Å²) < 4.78 is 49.9. The Morgan fingerprint density at radius 2 is 1.70 bits per heavy atom. The van der Waals surface area contributed by atoms with Crippen LogP contribution in [0.2, 0.25) is 0 Å². The van der Waals surface area contributed by atoms with E-state index in [-0.39, 0.29) is 11.0 Å². The SMILES string of the molecule is CS(=O)(=O)O[C@@H]1CCN(c2ccc(S(C)(=O)=O)cc2)C1. The zero-order valence-electron chi connectivity index (χ0n) is 11.3. The smallest absolute Gasteiger partial charge is 0.264 e. The van der Waals surface area contributed by atoms with Gasteiger partial charge in [-0.15, -0.1) is 0 Å². The molecule has 2 rings (SSSR count). The predicted octanol–water partition coefficient (Wildman–Crippen LogP) is 0.645. The van der Waals surface area contributed by atoms with Crippen LogP contribution in [0, 0.1) is 0 Å². The molecule has 0 amide bonds. The van der Waals surface area contributed by atoms with E-state index in [4.69, 9.17) is 4.18 Å². The van der Waals surface area contributed by atoms with Crippen molar-refractivity contribution in [2.45, 2.75) is 17.4 Å². The molecule has 6 nitrogen and oxygen atoms in total. The maximum atomic E-state index is 11.4. The molecule has 1 heterocycles. The fourth-order valence-electron chi connectivity index (χ4n) is 2.19. The first kappa shape index (κ1) is 15.3. The lowest BCUT2D eigenvalue weighted by Gasteiger charge is -2.18. The average Bonchev–Trinajstić information content (AvgIpc) is 2.74. The van der Waals surface area contributed by atoms with Gasteiger partial charge in [-0.25, -0.2) is 8.42 Å². The van der Waals surface area contributed by atoms with Gasteiger partial charge in [-0.3, -0.25) is 4.18 Å². The van der Waals surface area contributed by atoms with E-state index in [0.717, 1.165) is 18.2 Å². The zero-order chi connectivity index (χ0) is 15.0. The van der Waals surface area contributed by atoms with Crippen LogP contribution in [-0.4, -0.2) is 48.5 Å². The third-order valence-electron chi connectivity index (χ3n) is 3.09. The topological polar surface area (TPSA) is 80.8 Å². The molecule has 0 radical (unpaired) electrons. The fraction of sp³-hybridized carbons (Fsp3) is 0.500. The van der Waals surface area contributed by atoms with Crippen LogP contribution in [0.4, 0.5) is 5.69 Å². The maximum absolute atomic E-state index is 11.4. The molecule has 1 fully saturated rings. The lowest BCUT2D eigenvalue weighted by molar-refractivity contribution is 0.234. The predicted molar refractivity (Wildman–Crippen MR) is 76.1 cm³/mol. The molecular formula is C12H17NO5S2. The Kier molecular flexibility index (Phi) is 4.08. The highest BCUT2D eigenvalue weighted by Crippen LogP contribution is 2.24. The van der Waals surface area contributed by atoms with Gasteiger partial charge in [-0.2, -0.15) is 8.42 Å². The highest BCUT2D eigenvalue weighted by molar-refractivity contribution is 7.90. The second-order valence-corrected chi connectivity index (χ2v) is 8.54. The summed E-state index contributed by atoms with van der Waals surface area (Å²) in [6.07, 6.45) is 2.48. The third kappa shape index (κ3) is 3.94. The minimum Gasteiger partial charge on any atom is -0.369 e. The van der Waals surface area contributed by atoms with Gasteiger partial charge in [0.15, 0.2) is 9.84 Å². The molecule has 1 saturated heterocycles. The molecule has 20 heavy (non-hydrogen) atoms. The van der Waals surface area contributed by atoms with Gasteiger partial charge in [0.1, 0.15) is 0 Å². The Bertz CT molecular complexity index is 679. The van der Waals surface area contributed by atoms with Gasteiger partial charge in [0, 0.05) is 25.0 Å². The van der Waals surface area contributed by atoms with E-state index in [2.05, 4.69) is 0 Å². The standard InChI is InChI=1S/C12H17NO5S2/c1-19(14,15)12-5-3-10(4-6-12)13-8-7-11(9-13)18-20(2,16)17/h3-6,11H,7-9H2,1-2H3/t11-/m1/s1. The Labute approximate surface area is 119 Å². The normalized spacial score (nSPS) is 20.3. The molecule has 1 aliphatic heterocycles. The Morgan fingerprint density at radius 3 is 2.20 bits per heavy atom. The van der Waals surface area contributed by atoms with E-state index >= 15 is 0 Å². The second-order valence-electron chi connectivity index (χ2n) is 4.92. The van der Waals surface area contributed by atoms with E-state index in [1.54, 1.807) is 24.3 Å². The first-order valence-electron chi connectivity index (χ1n) is 6.08. The van der Waals surface area contributed by atoms with Crippen molar-refractivity contribution in [3.05, 3.63) is 24.3 Å². The molecule has 0 bridgehead atoms. The van der Waals surface area contributed by atoms with E-state index in [9.17, 15) is 16.8 Å². The molecule has 0 spiro atoms. The monoisotopic (exact) mass is 319 g/mol. The van der Waals surface area contributed by atoms with E-state index in [0.29, 0.717) is 19.5 Å². The van der Waals surface area contributed by atoms with E-state index in [1.807, 2.05) is 4.90 Å². The van der Waals surface area contributed by atoms with Crippen LogP contribution in [0.3, 0.4) is 0 Å². The van der Waals surface area contributed by atoms with Gasteiger partial charge < -0.3 is 4.90 Å². The maximum Gasteiger partial charge on any atom is 0.264 e. The molecule has 1 atom stereocenters. The van der Waals surface area contributed by atoms with Crippen LogP contribution in [0.25, 0.3) is 0 Å².